The fraction of sp³-hybridized carbons (Fsp3) is 0.412. The highest BCUT2D eigenvalue weighted by Gasteiger charge is 2.46. The first-order valence-corrected chi connectivity index (χ1v) is 8.03. The molecule has 1 spiro atoms. The Kier molecular flexibility index (Phi) is 3.86. The molecule has 2 aliphatic rings. The highest BCUT2D eigenvalue weighted by molar-refractivity contribution is 6.39. The van der Waals surface area contributed by atoms with E-state index in [9.17, 15) is 4.79 Å². The lowest BCUT2D eigenvalue weighted by Crippen LogP contribution is -2.36. The number of rotatable bonds is 5. The number of hydrogen-bond donors (Lipinski definition) is 1. The van der Waals surface area contributed by atoms with Gasteiger partial charge in [0.05, 0.1) is 25.6 Å². The molecule has 0 aromatic carbocycles. The van der Waals surface area contributed by atoms with E-state index in [1.807, 2.05) is 18.2 Å². The van der Waals surface area contributed by atoms with Crippen molar-refractivity contribution >= 4 is 11.6 Å². The van der Waals surface area contributed by atoms with E-state index in [-0.39, 0.29) is 11.5 Å². The molecule has 1 saturated heterocycles. The number of furan rings is 2. The number of amides is 1. The second-order valence-corrected chi connectivity index (χ2v) is 6.29. The van der Waals surface area contributed by atoms with Crippen LogP contribution < -0.4 is 5.32 Å². The van der Waals surface area contributed by atoms with Crippen LogP contribution in [0.5, 0.6) is 0 Å². The Morgan fingerprint density at radius 2 is 2.04 bits per heavy atom. The Bertz CT molecular complexity index is 723. The minimum Gasteiger partial charge on any atom is -0.468 e. The molecular weight excluding hydrogens is 310 g/mol. The van der Waals surface area contributed by atoms with Crippen LogP contribution in [0, 0.1) is 0 Å². The van der Waals surface area contributed by atoms with E-state index in [0.717, 1.165) is 31.8 Å². The third kappa shape index (κ3) is 3.07. The van der Waals surface area contributed by atoms with Crippen molar-refractivity contribution in [2.75, 3.05) is 13.1 Å². The summed E-state index contributed by atoms with van der Waals surface area (Å²) < 4.78 is 10.6. The molecule has 0 radical (unpaired) electrons. The average molecular weight is 329 g/mol. The van der Waals surface area contributed by atoms with Gasteiger partial charge in [0.15, 0.2) is 5.60 Å². The van der Waals surface area contributed by atoms with Gasteiger partial charge in [0, 0.05) is 25.9 Å². The van der Waals surface area contributed by atoms with E-state index in [0.29, 0.717) is 24.4 Å². The van der Waals surface area contributed by atoms with Gasteiger partial charge in [-0.05, 0) is 24.3 Å². The van der Waals surface area contributed by atoms with Gasteiger partial charge in [-0.2, -0.15) is 0 Å². The van der Waals surface area contributed by atoms with Gasteiger partial charge in [-0.25, -0.2) is 0 Å². The highest BCUT2D eigenvalue weighted by atomic mass is 16.7. The molecule has 0 saturated carbocycles. The summed E-state index contributed by atoms with van der Waals surface area (Å²) in [4.78, 5) is 20.1. The third-order valence-corrected chi connectivity index (χ3v) is 4.46. The van der Waals surface area contributed by atoms with Crippen molar-refractivity contribution in [2.45, 2.75) is 31.5 Å². The Labute approximate surface area is 139 Å². The summed E-state index contributed by atoms with van der Waals surface area (Å²) in [6.07, 6.45) is 4.65. The lowest BCUT2D eigenvalue weighted by atomic mass is 9.96. The fourth-order valence-corrected chi connectivity index (χ4v) is 3.23. The van der Waals surface area contributed by atoms with Crippen molar-refractivity contribution in [3.8, 4) is 0 Å². The van der Waals surface area contributed by atoms with Gasteiger partial charge in [-0.15, -0.1) is 0 Å². The molecule has 2 aliphatic heterocycles. The van der Waals surface area contributed by atoms with E-state index in [1.54, 1.807) is 18.6 Å². The van der Waals surface area contributed by atoms with Crippen LogP contribution in [0.4, 0.5) is 0 Å². The second kappa shape index (κ2) is 6.16. The summed E-state index contributed by atoms with van der Waals surface area (Å²) in [6, 6.07) is 7.46. The topological polar surface area (TPSA) is 80.2 Å². The van der Waals surface area contributed by atoms with Crippen LogP contribution in [0.1, 0.15) is 24.4 Å². The van der Waals surface area contributed by atoms with Crippen LogP contribution in [0.2, 0.25) is 0 Å². The van der Waals surface area contributed by atoms with Crippen molar-refractivity contribution in [3.63, 3.8) is 0 Å². The molecule has 4 heterocycles. The molecule has 0 aliphatic carbocycles. The van der Waals surface area contributed by atoms with Crippen LogP contribution in [0.15, 0.2) is 50.8 Å². The Morgan fingerprint density at radius 1 is 1.25 bits per heavy atom. The van der Waals surface area contributed by atoms with Gasteiger partial charge in [0.2, 0.25) is 0 Å². The zero-order chi connectivity index (χ0) is 16.4. The molecule has 126 valence electrons. The monoisotopic (exact) mass is 329 g/mol. The summed E-state index contributed by atoms with van der Waals surface area (Å²) >= 11 is 0. The number of carbonyl (C=O) groups is 1. The van der Waals surface area contributed by atoms with Gasteiger partial charge in [0.25, 0.3) is 5.91 Å². The first-order valence-electron chi connectivity index (χ1n) is 8.03. The average Bonchev–Trinajstić information content (AvgIpc) is 3.35. The van der Waals surface area contributed by atoms with Gasteiger partial charge in [-0.1, -0.05) is 5.16 Å². The van der Waals surface area contributed by atoms with Crippen LogP contribution in [0.25, 0.3) is 0 Å². The molecule has 1 N–H and O–H groups in total. The number of nitrogens with zero attached hydrogens (tertiary/aromatic N) is 2. The van der Waals surface area contributed by atoms with Crippen LogP contribution in [0.3, 0.4) is 0 Å². The Balaban J connectivity index is 1.30. The van der Waals surface area contributed by atoms with E-state index in [4.69, 9.17) is 13.7 Å². The predicted octanol–water partition coefficient (Wildman–Crippen LogP) is 1.91. The molecule has 1 atom stereocenters. The maximum Gasteiger partial charge on any atom is 0.269 e. The lowest BCUT2D eigenvalue weighted by Gasteiger charge is -2.21. The molecule has 1 amide bonds. The Morgan fingerprint density at radius 3 is 2.79 bits per heavy atom. The van der Waals surface area contributed by atoms with E-state index in [1.165, 1.54) is 0 Å². The minimum absolute atomic E-state index is 0.201. The quantitative estimate of drug-likeness (QED) is 0.906. The normalized spacial score (nSPS) is 23.4. The second-order valence-electron chi connectivity index (χ2n) is 6.29. The van der Waals surface area contributed by atoms with Crippen LogP contribution >= 0.6 is 0 Å². The SMILES string of the molecule is O=C(NCc1ccco1)C1=NO[C@]2(CCN(Cc3ccco3)C2)C1. The summed E-state index contributed by atoms with van der Waals surface area (Å²) in [6.45, 7) is 2.74. The van der Waals surface area contributed by atoms with Gasteiger partial charge < -0.3 is 19.0 Å². The zero-order valence-electron chi connectivity index (χ0n) is 13.2. The molecule has 2 aromatic heterocycles. The maximum absolute atomic E-state index is 12.2. The summed E-state index contributed by atoms with van der Waals surface area (Å²) in [5.41, 5.74) is 0.0608. The molecule has 2 aromatic rings. The molecule has 7 nitrogen and oxygen atoms in total. The van der Waals surface area contributed by atoms with Crippen molar-refractivity contribution in [2.24, 2.45) is 5.16 Å². The predicted molar refractivity (Wildman–Crippen MR) is 85.0 cm³/mol. The van der Waals surface area contributed by atoms with Crippen molar-refractivity contribution in [1.29, 1.82) is 0 Å². The lowest BCUT2D eigenvalue weighted by molar-refractivity contribution is -0.115. The number of oxime groups is 1. The van der Waals surface area contributed by atoms with Gasteiger partial charge >= 0.3 is 0 Å². The molecular formula is C17H19N3O4. The van der Waals surface area contributed by atoms with E-state index < -0.39 is 0 Å². The van der Waals surface area contributed by atoms with Crippen LogP contribution in [-0.2, 0) is 22.7 Å². The van der Waals surface area contributed by atoms with Gasteiger partial charge in [0.1, 0.15) is 17.2 Å². The van der Waals surface area contributed by atoms with Crippen molar-refractivity contribution in [1.82, 2.24) is 10.2 Å². The van der Waals surface area contributed by atoms with E-state index in [2.05, 4.69) is 15.4 Å². The smallest absolute Gasteiger partial charge is 0.269 e. The molecule has 1 fully saturated rings. The minimum atomic E-state index is -0.385. The van der Waals surface area contributed by atoms with Crippen molar-refractivity contribution < 1.29 is 18.5 Å². The number of carbonyl (C=O) groups excluding carboxylic acids is 1. The standard InChI is InChI=1S/C17H19N3O4/c21-16(18-10-13-3-1-7-22-13)15-9-17(24-19-15)5-6-20(12-17)11-14-4-2-8-23-14/h1-4,7-8H,5-6,9-12H2,(H,18,21)/t17-/m1/s1. The first-order chi connectivity index (χ1) is 11.7. The van der Waals surface area contributed by atoms with Crippen molar-refractivity contribution in [3.05, 3.63) is 48.3 Å². The molecule has 0 bridgehead atoms. The maximum atomic E-state index is 12.2. The Hall–Kier alpha value is -2.54. The number of hydrogen-bond acceptors (Lipinski definition) is 6. The molecule has 24 heavy (non-hydrogen) atoms. The van der Waals surface area contributed by atoms with Crippen LogP contribution in [-0.4, -0.2) is 35.2 Å². The highest BCUT2D eigenvalue weighted by Crippen LogP contribution is 2.34. The summed E-state index contributed by atoms with van der Waals surface area (Å²) in [5, 5.41) is 6.84. The molecule has 0 unspecified atom stereocenters. The zero-order valence-corrected chi connectivity index (χ0v) is 13.2. The van der Waals surface area contributed by atoms with Gasteiger partial charge in [-0.3, -0.25) is 9.69 Å². The molecule has 4 rings (SSSR count). The van der Waals surface area contributed by atoms with E-state index >= 15 is 0 Å². The summed E-state index contributed by atoms with van der Waals surface area (Å²) in [5.74, 6) is 1.44. The fourth-order valence-electron chi connectivity index (χ4n) is 3.23. The number of likely N-dealkylation sites (tertiary alicyclic amines) is 1. The number of nitrogens with one attached hydrogen (secondary N) is 1. The molecule has 7 heteroatoms. The third-order valence-electron chi connectivity index (χ3n) is 4.46. The largest absolute Gasteiger partial charge is 0.468 e. The summed E-state index contributed by atoms with van der Waals surface area (Å²) in [7, 11) is 0. The first kappa shape index (κ1) is 15.0.